The van der Waals surface area contributed by atoms with Crippen molar-refractivity contribution >= 4 is 44.2 Å². The van der Waals surface area contributed by atoms with E-state index in [1.54, 1.807) is 28.0 Å². The SMILES string of the molecule is Cc1c(Cl)ccc2sc(N(Cc3cccnc3)C(=O)c3ccn(C(C)C)n3)nc12. The van der Waals surface area contributed by atoms with Gasteiger partial charge < -0.3 is 0 Å². The van der Waals surface area contributed by atoms with Gasteiger partial charge in [0.15, 0.2) is 10.8 Å². The van der Waals surface area contributed by atoms with Crippen LogP contribution in [-0.2, 0) is 6.54 Å². The quantitative estimate of drug-likeness (QED) is 0.436. The highest BCUT2D eigenvalue weighted by Gasteiger charge is 2.24. The summed E-state index contributed by atoms with van der Waals surface area (Å²) >= 11 is 7.72. The van der Waals surface area contributed by atoms with Crippen molar-refractivity contribution < 1.29 is 4.79 Å². The first-order valence-corrected chi connectivity index (χ1v) is 10.4. The Balaban J connectivity index is 1.77. The average Bonchev–Trinajstić information content (AvgIpc) is 3.37. The Kier molecular flexibility index (Phi) is 5.34. The summed E-state index contributed by atoms with van der Waals surface area (Å²) in [5.74, 6) is -0.198. The summed E-state index contributed by atoms with van der Waals surface area (Å²) in [7, 11) is 0. The molecule has 148 valence electrons. The number of fused-ring (bicyclic) bond motifs is 1. The first-order chi connectivity index (χ1) is 13.9. The fourth-order valence-electron chi connectivity index (χ4n) is 2.98. The van der Waals surface area contributed by atoms with E-state index >= 15 is 0 Å². The molecule has 8 heteroatoms. The minimum Gasteiger partial charge on any atom is -0.278 e. The number of benzene rings is 1. The van der Waals surface area contributed by atoms with E-state index in [1.807, 2.05) is 51.2 Å². The number of nitrogens with zero attached hydrogens (tertiary/aromatic N) is 5. The number of carbonyl (C=O) groups is 1. The Bertz CT molecular complexity index is 1170. The molecule has 0 atom stereocenters. The Morgan fingerprint density at radius 1 is 1.28 bits per heavy atom. The van der Waals surface area contributed by atoms with Crippen molar-refractivity contribution in [2.45, 2.75) is 33.4 Å². The Morgan fingerprint density at radius 2 is 2.10 bits per heavy atom. The zero-order chi connectivity index (χ0) is 20.5. The van der Waals surface area contributed by atoms with Crippen LogP contribution in [0.2, 0.25) is 5.02 Å². The first kappa shape index (κ1) is 19.5. The second kappa shape index (κ2) is 7.93. The fraction of sp³-hybridized carbons (Fsp3) is 0.238. The van der Waals surface area contributed by atoms with Gasteiger partial charge in [-0.3, -0.25) is 19.4 Å². The Hall–Kier alpha value is -2.77. The third-order valence-corrected chi connectivity index (χ3v) is 6.09. The molecule has 0 aliphatic carbocycles. The molecule has 3 heterocycles. The van der Waals surface area contributed by atoms with Gasteiger partial charge in [0.1, 0.15) is 0 Å². The molecule has 3 aromatic heterocycles. The van der Waals surface area contributed by atoms with Gasteiger partial charge in [0.2, 0.25) is 0 Å². The van der Waals surface area contributed by atoms with Crippen LogP contribution in [0.15, 0.2) is 48.9 Å². The third kappa shape index (κ3) is 3.88. The zero-order valence-corrected chi connectivity index (χ0v) is 17.9. The molecule has 29 heavy (non-hydrogen) atoms. The number of aromatic nitrogens is 4. The number of anilines is 1. The van der Waals surface area contributed by atoms with Crippen molar-refractivity contribution in [2.24, 2.45) is 0 Å². The highest BCUT2D eigenvalue weighted by atomic mass is 35.5. The van der Waals surface area contributed by atoms with Crippen LogP contribution in [0.1, 0.15) is 41.5 Å². The highest BCUT2D eigenvalue weighted by molar-refractivity contribution is 7.22. The van der Waals surface area contributed by atoms with Gasteiger partial charge in [0, 0.05) is 29.7 Å². The number of amides is 1. The predicted molar refractivity (Wildman–Crippen MR) is 117 cm³/mol. The van der Waals surface area contributed by atoms with Gasteiger partial charge in [-0.05, 0) is 56.2 Å². The molecule has 1 aromatic carbocycles. The lowest BCUT2D eigenvalue weighted by molar-refractivity contribution is 0.0979. The summed E-state index contributed by atoms with van der Waals surface area (Å²) in [5, 5.41) is 5.72. The van der Waals surface area contributed by atoms with Gasteiger partial charge in [0.05, 0.1) is 16.8 Å². The monoisotopic (exact) mass is 425 g/mol. The van der Waals surface area contributed by atoms with Gasteiger partial charge in [-0.15, -0.1) is 0 Å². The van der Waals surface area contributed by atoms with E-state index in [2.05, 4.69) is 10.1 Å². The van der Waals surface area contributed by atoms with Crippen LogP contribution in [0.4, 0.5) is 5.13 Å². The molecule has 0 N–H and O–H groups in total. The molecule has 0 radical (unpaired) electrons. The Labute approximate surface area is 177 Å². The van der Waals surface area contributed by atoms with Gasteiger partial charge in [-0.1, -0.05) is 29.0 Å². The van der Waals surface area contributed by atoms with E-state index in [1.165, 1.54) is 11.3 Å². The molecule has 0 fully saturated rings. The van der Waals surface area contributed by atoms with Crippen LogP contribution in [0.25, 0.3) is 10.2 Å². The lowest BCUT2D eigenvalue weighted by atomic mass is 10.2. The van der Waals surface area contributed by atoms with E-state index in [0.717, 1.165) is 21.3 Å². The lowest BCUT2D eigenvalue weighted by Gasteiger charge is -2.18. The van der Waals surface area contributed by atoms with Crippen molar-refractivity contribution in [1.29, 1.82) is 0 Å². The standard InChI is InChI=1S/C21H20ClN5OS/c1-13(2)27-10-8-17(25-27)20(28)26(12-15-5-4-9-23-11-15)21-24-19-14(3)16(22)6-7-18(19)29-21/h4-11,13H,12H2,1-3H3. The maximum absolute atomic E-state index is 13.4. The first-order valence-electron chi connectivity index (χ1n) is 9.25. The molecule has 0 saturated heterocycles. The second-order valence-corrected chi connectivity index (χ2v) is 8.46. The molecule has 1 amide bonds. The number of halogens is 1. The van der Waals surface area contributed by atoms with E-state index < -0.39 is 0 Å². The van der Waals surface area contributed by atoms with Crippen LogP contribution < -0.4 is 4.90 Å². The summed E-state index contributed by atoms with van der Waals surface area (Å²) in [4.78, 5) is 23.9. The number of carbonyl (C=O) groups excluding carboxylic acids is 1. The fourth-order valence-corrected chi connectivity index (χ4v) is 4.16. The van der Waals surface area contributed by atoms with Crippen molar-refractivity contribution in [3.8, 4) is 0 Å². The number of thiazole rings is 1. The van der Waals surface area contributed by atoms with E-state index in [4.69, 9.17) is 16.6 Å². The molecule has 0 spiro atoms. The van der Waals surface area contributed by atoms with Gasteiger partial charge in [-0.2, -0.15) is 5.10 Å². The van der Waals surface area contributed by atoms with Crippen molar-refractivity contribution in [1.82, 2.24) is 19.7 Å². The number of hydrogen-bond acceptors (Lipinski definition) is 5. The predicted octanol–water partition coefficient (Wildman–Crippen LogP) is 5.28. The molecule has 6 nitrogen and oxygen atoms in total. The van der Waals surface area contributed by atoms with Gasteiger partial charge in [0.25, 0.3) is 5.91 Å². The van der Waals surface area contributed by atoms with Crippen molar-refractivity contribution in [3.05, 3.63) is 70.8 Å². The number of rotatable bonds is 5. The minimum absolute atomic E-state index is 0.176. The molecule has 0 aliphatic rings. The second-order valence-electron chi connectivity index (χ2n) is 7.04. The maximum Gasteiger partial charge on any atom is 0.280 e. The molecular weight excluding hydrogens is 406 g/mol. The number of pyridine rings is 1. The van der Waals surface area contributed by atoms with Crippen LogP contribution in [0.5, 0.6) is 0 Å². The normalized spacial score (nSPS) is 11.3. The molecule has 0 unspecified atom stereocenters. The Morgan fingerprint density at radius 3 is 2.79 bits per heavy atom. The smallest absolute Gasteiger partial charge is 0.278 e. The highest BCUT2D eigenvalue weighted by Crippen LogP contribution is 2.34. The molecular formula is C21H20ClN5OS. The van der Waals surface area contributed by atoms with Crippen LogP contribution in [0, 0.1) is 6.92 Å². The molecule has 0 aliphatic heterocycles. The minimum atomic E-state index is -0.198. The van der Waals surface area contributed by atoms with E-state index in [-0.39, 0.29) is 11.9 Å². The summed E-state index contributed by atoms with van der Waals surface area (Å²) < 4.78 is 2.76. The lowest BCUT2D eigenvalue weighted by Crippen LogP contribution is -2.31. The maximum atomic E-state index is 13.4. The topological polar surface area (TPSA) is 63.9 Å². The summed E-state index contributed by atoms with van der Waals surface area (Å²) in [5.41, 5.74) is 3.02. The zero-order valence-electron chi connectivity index (χ0n) is 16.3. The summed E-state index contributed by atoms with van der Waals surface area (Å²) in [6, 6.07) is 9.51. The number of aryl methyl sites for hydroxylation is 1. The summed E-state index contributed by atoms with van der Waals surface area (Å²) in [6.45, 7) is 6.34. The molecule has 4 aromatic rings. The van der Waals surface area contributed by atoms with Gasteiger partial charge >= 0.3 is 0 Å². The molecule has 0 saturated carbocycles. The van der Waals surface area contributed by atoms with Crippen LogP contribution >= 0.6 is 22.9 Å². The van der Waals surface area contributed by atoms with Crippen LogP contribution in [0.3, 0.4) is 0 Å². The van der Waals surface area contributed by atoms with Crippen molar-refractivity contribution in [3.63, 3.8) is 0 Å². The largest absolute Gasteiger partial charge is 0.280 e. The third-order valence-electron chi connectivity index (χ3n) is 4.63. The number of hydrogen-bond donors (Lipinski definition) is 0. The molecule has 0 bridgehead atoms. The summed E-state index contributed by atoms with van der Waals surface area (Å²) in [6.07, 6.45) is 5.29. The average molecular weight is 426 g/mol. The van der Waals surface area contributed by atoms with Gasteiger partial charge in [-0.25, -0.2) is 4.98 Å². The van der Waals surface area contributed by atoms with Crippen molar-refractivity contribution in [2.75, 3.05) is 4.90 Å². The van der Waals surface area contributed by atoms with Crippen LogP contribution in [-0.4, -0.2) is 25.7 Å². The van der Waals surface area contributed by atoms with E-state index in [0.29, 0.717) is 22.4 Å². The van der Waals surface area contributed by atoms with E-state index in [9.17, 15) is 4.79 Å². The molecule has 4 rings (SSSR count).